The maximum Gasteiger partial charge on any atom is 0.248 e. The Bertz CT molecular complexity index is 713. The summed E-state index contributed by atoms with van der Waals surface area (Å²) >= 11 is 0. The highest BCUT2D eigenvalue weighted by molar-refractivity contribution is 5.93. The van der Waals surface area contributed by atoms with Gasteiger partial charge in [0.1, 0.15) is 18.4 Å². The maximum atomic E-state index is 12.4. The van der Waals surface area contributed by atoms with Crippen LogP contribution in [-0.4, -0.2) is 22.3 Å². The number of carbonyl (C=O) groups is 1. The lowest BCUT2D eigenvalue weighted by atomic mass is 10.2. The van der Waals surface area contributed by atoms with Gasteiger partial charge in [-0.1, -0.05) is 12.0 Å². The fourth-order valence-corrected chi connectivity index (χ4v) is 2.18. The zero-order valence-electron chi connectivity index (χ0n) is 13.0. The van der Waals surface area contributed by atoms with Crippen molar-refractivity contribution in [2.45, 2.75) is 26.8 Å². The SMILES string of the molecule is C#CCOc1cccc(NC(=O)[C@H](C)n2nc(C)cc2C)c1. The van der Waals surface area contributed by atoms with Crippen LogP contribution in [0.5, 0.6) is 5.75 Å². The molecule has 5 heteroatoms. The van der Waals surface area contributed by atoms with E-state index in [-0.39, 0.29) is 12.5 Å². The molecule has 1 aromatic heterocycles. The van der Waals surface area contributed by atoms with E-state index in [2.05, 4.69) is 16.3 Å². The highest BCUT2D eigenvalue weighted by atomic mass is 16.5. The summed E-state index contributed by atoms with van der Waals surface area (Å²) < 4.78 is 7.05. The molecule has 1 heterocycles. The van der Waals surface area contributed by atoms with Gasteiger partial charge in [0.2, 0.25) is 5.91 Å². The van der Waals surface area contributed by atoms with E-state index in [1.165, 1.54) is 0 Å². The van der Waals surface area contributed by atoms with Gasteiger partial charge < -0.3 is 10.1 Å². The molecule has 1 atom stereocenters. The minimum absolute atomic E-state index is 0.139. The van der Waals surface area contributed by atoms with Crippen LogP contribution in [-0.2, 0) is 4.79 Å². The first-order valence-electron chi connectivity index (χ1n) is 7.01. The second-order valence-corrected chi connectivity index (χ2v) is 5.06. The van der Waals surface area contributed by atoms with Crippen molar-refractivity contribution in [3.63, 3.8) is 0 Å². The summed E-state index contributed by atoms with van der Waals surface area (Å²) in [5.41, 5.74) is 2.50. The van der Waals surface area contributed by atoms with Crippen molar-refractivity contribution in [1.82, 2.24) is 9.78 Å². The average molecular weight is 297 g/mol. The summed E-state index contributed by atoms with van der Waals surface area (Å²) in [5.74, 6) is 2.88. The highest BCUT2D eigenvalue weighted by Crippen LogP contribution is 2.19. The van der Waals surface area contributed by atoms with Crippen molar-refractivity contribution in [1.29, 1.82) is 0 Å². The van der Waals surface area contributed by atoms with Crippen LogP contribution in [0.2, 0.25) is 0 Å². The third-order valence-corrected chi connectivity index (χ3v) is 3.21. The lowest BCUT2D eigenvalue weighted by molar-refractivity contribution is -0.119. The molecule has 1 amide bonds. The normalized spacial score (nSPS) is 11.5. The number of carbonyl (C=O) groups excluding carboxylic acids is 1. The van der Waals surface area contributed by atoms with Crippen LogP contribution in [0.15, 0.2) is 30.3 Å². The fraction of sp³-hybridized carbons (Fsp3) is 0.294. The van der Waals surface area contributed by atoms with E-state index in [9.17, 15) is 4.79 Å². The van der Waals surface area contributed by atoms with Crippen LogP contribution in [0.25, 0.3) is 0 Å². The largest absolute Gasteiger partial charge is 0.481 e. The van der Waals surface area contributed by atoms with Gasteiger partial charge in [-0.3, -0.25) is 9.48 Å². The van der Waals surface area contributed by atoms with E-state index in [4.69, 9.17) is 11.2 Å². The molecule has 0 aliphatic carbocycles. The molecule has 0 aliphatic rings. The van der Waals surface area contributed by atoms with Crippen molar-refractivity contribution < 1.29 is 9.53 Å². The topological polar surface area (TPSA) is 56.1 Å². The van der Waals surface area contributed by atoms with Crippen LogP contribution >= 0.6 is 0 Å². The number of aromatic nitrogens is 2. The van der Waals surface area contributed by atoms with Gasteiger partial charge in [0, 0.05) is 17.4 Å². The number of aryl methyl sites for hydroxylation is 2. The number of nitrogens with zero attached hydrogens (tertiary/aromatic N) is 2. The van der Waals surface area contributed by atoms with Gasteiger partial charge in [-0.15, -0.1) is 6.42 Å². The Hall–Kier alpha value is -2.74. The number of hydrogen-bond acceptors (Lipinski definition) is 3. The Morgan fingerprint density at radius 1 is 1.45 bits per heavy atom. The first-order chi connectivity index (χ1) is 10.5. The maximum absolute atomic E-state index is 12.4. The predicted molar refractivity (Wildman–Crippen MR) is 85.8 cm³/mol. The zero-order chi connectivity index (χ0) is 16.1. The summed E-state index contributed by atoms with van der Waals surface area (Å²) in [6.07, 6.45) is 5.16. The predicted octanol–water partition coefficient (Wildman–Crippen LogP) is 2.71. The smallest absolute Gasteiger partial charge is 0.248 e. The molecule has 1 aromatic carbocycles. The monoisotopic (exact) mass is 297 g/mol. The van der Waals surface area contributed by atoms with Gasteiger partial charge in [-0.25, -0.2) is 0 Å². The number of rotatable bonds is 5. The number of nitrogens with one attached hydrogen (secondary N) is 1. The fourth-order valence-electron chi connectivity index (χ4n) is 2.18. The Labute approximate surface area is 130 Å². The molecule has 0 saturated heterocycles. The minimum atomic E-state index is -0.399. The molecule has 0 spiro atoms. The molecule has 1 N–H and O–H groups in total. The van der Waals surface area contributed by atoms with Crippen molar-refractivity contribution >= 4 is 11.6 Å². The second-order valence-electron chi connectivity index (χ2n) is 5.06. The quantitative estimate of drug-likeness (QED) is 0.863. The average Bonchev–Trinajstić information content (AvgIpc) is 2.83. The van der Waals surface area contributed by atoms with Gasteiger partial charge >= 0.3 is 0 Å². The van der Waals surface area contributed by atoms with E-state index in [0.29, 0.717) is 11.4 Å². The molecular weight excluding hydrogens is 278 g/mol. The van der Waals surface area contributed by atoms with Gasteiger partial charge in [-0.05, 0) is 39.0 Å². The van der Waals surface area contributed by atoms with Crippen LogP contribution in [0, 0.1) is 26.2 Å². The Kier molecular flexibility index (Phi) is 4.84. The molecule has 114 valence electrons. The third kappa shape index (κ3) is 3.67. The number of amides is 1. The molecule has 0 aliphatic heterocycles. The molecular formula is C17H19N3O2. The lowest BCUT2D eigenvalue weighted by Gasteiger charge is -2.15. The lowest BCUT2D eigenvalue weighted by Crippen LogP contribution is -2.25. The van der Waals surface area contributed by atoms with E-state index in [0.717, 1.165) is 11.4 Å². The van der Waals surface area contributed by atoms with Crippen molar-refractivity contribution in [3.05, 3.63) is 41.7 Å². The van der Waals surface area contributed by atoms with Gasteiger partial charge in [0.25, 0.3) is 0 Å². The summed E-state index contributed by atoms with van der Waals surface area (Å²) in [5, 5.41) is 7.20. The van der Waals surface area contributed by atoms with Crippen LogP contribution in [0.3, 0.4) is 0 Å². The first kappa shape index (κ1) is 15.6. The van der Waals surface area contributed by atoms with Crippen LogP contribution < -0.4 is 10.1 Å². The first-order valence-corrected chi connectivity index (χ1v) is 7.01. The molecule has 2 rings (SSSR count). The van der Waals surface area contributed by atoms with Gasteiger partial charge in [-0.2, -0.15) is 5.10 Å². The molecule has 0 saturated carbocycles. The summed E-state index contributed by atoms with van der Waals surface area (Å²) in [6.45, 7) is 5.84. The van der Waals surface area contributed by atoms with Gasteiger partial charge in [0.15, 0.2) is 0 Å². The summed E-state index contributed by atoms with van der Waals surface area (Å²) in [7, 11) is 0. The summed E-state index contributed by atoms with van der Waals surface area (Å²) in [6, 6.07) is 8.67. The van der Waals surface area contributed by atoms with E-state index in [1.807, 2.05) is 26.8 Å². The molecule has 22 heavy (non-hydrogen) atoms. The second kappa shape index (κ2) is 6.81. The Morgan fingerprint density at radius 2 is 2.23 bits per heavy atom. The van der Waals surface area contributed by atoms with E-state index in [1.54, 1.807) is 28.9 Å². The molecule has 0 radical (unpaired) electrons. The molecule has 2 aromatic rings. The highest BCUT2D eigenvalue weighted by Gasteiger charge is 2.18. The molecule has 0 bridgehead atoms. The Morgan fingerprint density at radius 3 is 2.86 bits per heavy atom. The third-order valence-electron chi connectivity index (χ3n) is 3.21. The number of anilines is 1. The molecule has 0 unspecified atom stereocenters. The van der Waals surface area contributed by atoms with E-state index >= 15 is 0 Å². The summed E-state index contributed by atoms with van der Waals surface area (Å²) in [4.78, 5) is 12.4. The van der Waals surface area contributed by atoms with E-state index < -0.39 is 6.04 Å². The van der Waals surface area contributed by atoms with Crippen molar-refractivity contribution in [2.24, 2.45) is 0 Å². The number of benzene rings is 1. The standard InChI is InChI=1S/C17H19N3O2/c1-5-9-22-16-8-6-7-15(11-16)18-17(21)14(4)20-13(3)10-12(2)19-20/h1,6-8,10-11,14H,9H2,2-4H3,(H,18,21)/t14-/m0/s1. The molecule has 5 nitrogen and oxygen atoms in total. The number of ether oxygens (including phenoxy) is 1. The minimum Gasteiger partial charge on any atom is -0.481 e. The zero-order valence-corrected chi connectivity index (χ0v) is 13.0. The van der Waals surface area contributed by atoms with Crippen LogP contribution in [0.4, 0.5) is 5.69 Å². The van der Waals surface area contributed by atoms with Crippen molar-refractivity contribution in [2.75, 3.05) is 11.9 Å². The van der Waals surface area contributed by atoms with Crippen LogP contribution in [0.1, 0.15) is 24.4 Å². The Balaban J connectivity index is 2.08. The molecule has 0 fully saturated rings. The number of terminal acetylenes is 1. The van der Waals surface area contributed by atoms with Crippen molar-refractivity contribution in [3.8, 4) is 18.1 Å². The number of hydrogen-bond donors (Lipinski definition) is 1. The van der Waals surface area contributed by atoms with Gasteiger partial charge in [0.05, 0.1) is 5.69 Å².